The highest BCUT2D eigenvalue weighted by Gasteiger charge is 2.19. The van der Waals surface area contributed by atoms with Crippen molar-refractivity contribution >= 4 is 43.4 Å². The van der Waals surface area contributed by atoms with E-state index in [4.69, 9.17) is 0 Å². The standard InChI is InChI=1S/C44H30N2O/c1-29-18-24-34(25-19-29)45-40-16-8-9-17-41(40)46(44(45)47)35-26-22-31(23-27-35)42-36-12-4-6-14-38(36)43(39-15-7-5-13-37(39)42)33-21-20-30-10-2-3-11-32(30)28-33/h2-28H,1H3. The molecule has 3 nitrogen and oxygen atoms in total. The number of imidazole rings is 1. The summed E-state index contributed by atoms with van der Waals surface area (Å²) in [5.41, 5.74) is 9.29. The molecule has 0 aliphatic carbocycles. The fourth-order valence-electron chi connectivity index (χ4n) is 7.21. The minimum absolute atomic E-state index is 0.0848. The quantitative estimate of drug-likeness (QED) is 0.184. The summed E-state index contributed by atoms with van der Waals surface area (Å²) in [5, 5.41) is 7.32. The summed E-state index contributed by atoms with van der Waals surface area (Å²) in [5.74, 6) is 0. The van der Waals surface area contributed by atoms with Gasteiger partial charge in [-0.05, 0) is 104 Å². The van der Waals surface area contributed by atoms with Crippen molar-refractivity contribution in [2.24, 2.45) is 0 Å². The van der Waals surface area contributed by atoms with Gasteiger partial charge in [0.05, 0.1) is 22.4 Å². The van der Waals surface area contributed by atoms with Crippen LogP contribution in [0.25, 0.3) is 77.0 Å². The molecular weight excluding hydrogens is 572 g/mol. The third-order valence-corrected chi connectivity index (χ3v) is 9.42. The second kappa shape index (κ2) is 10.7. The number of aromatic nitrogens is 2. The van der Waals surface area contributed by atoms with Crippen LogP contribution in [0.5, 0.6) is 0 Å². The summed E-state index contributed by atoms with van der Waals surface area (Å²) >= 11 is 0. The van der Waals surface area contributed by atoms with Gasteiger partial charge in [0.25, 0.3) is 0 Å². The van der Waals surface area contributed by atoms with E-state index in [1.807, 2.05) is 53.1 Å². The molecule has 9 rings (SSSR count). The Morgan fingerprint density at radius 3 is 1.38 bits per heavy atom. The van der Waals surface area contributed by atoms with E-state index < -0.39 is 0 Å². The number of rotatable bonds is 4. The van der Waals surface area contributed by atoms with Crippen molar-refractivity contribution in [2.75, 3.05) is 0 Å². The first-order valence-electron chi connectivity index (χ1n) is 16.0. The molecule has 0 aliphatic rings. The van der Waals surface area contributed by atoms with Gasteiger partial charge in [0, 0.05) is 0 Å². The van der Waals surface area contributed by atoms with Crippen LogP contribution in [0.3, 0.4) is 0 Å². The lowest BCUT2D eigenvalue weighted by atomic mass is 9.85. The van der Waals surface area contributed by atoms with Crippen LogP contribution in [0, 0.1) is 6.92 Å². The van der Waals surface area contributed by atoms with Crippen LogP contribution in [-0.4, -0.2) is 9.13 Å². The van der Waals surface area contributed by atoms with Gasteiger partial charge in [-0.25, -0.2) is 4.79 Å². The smallest absolute Gasteiger partial charge is 0.260 e. The lowest BCUT2D eigenvalue weighted by Crippen LogP contribution is -2.22. The number of aryl methyl sites for hydroxylation is 1. The third-order valence-electron chi connectivity index (χ3n) is 9.42. The molecule has 1 aromatic heterocycles. The average Bonchev–Trinajstić information content (AvgIpc) is 3.42. The first-order valence-corrected chi connectivity index (χ1v) is 16.0. The summed E-state index contributed by atoms with van der Waals surface area (Å²) in [4.78, 5) is 14.1. The van der Waals surface area contributed by atoms with Crippen LogP contribution in [-0.2, 0) is 0 Å². The van der Waals surface area contributed by atoms with Crippen LogP contribution >= 0.6 is 0 Å². The van der Waals surface area contributed by atoms with Crippen LogP contribution in [0.15, 0.2) is 169 Å². The lowest BCUT2D eigenvalue weighted by molar-refractivity contribution is 0.930. The maximum absolute atomic E-state index is 14.1. The van der Waals surface area contributed by atoms with Crippen molar-refractivity contribution in [2.45, 2.75) is 6.92 Å². The maximum atomic E-state index is 14.1. The second-order valence-corrected chi connectivity index (χ2v) is 12.2. The summed E-state index contributed by atoms with van der Waals surface area (Å²) in [6, 6.07) is 57.3. The molecule has 0 radical (unpaired) electrons. The molecule has 1 heterocycles. The van der Waals surface area contributed by atoms with Crippen LogP contribution in [0.1, 0.15) is 5.56 Å². The average molecular weight is 603 g/mol. The van der Waals surface area contributed by atoms with Crippen molar-refractivity contribution in [1.29, 1.82) is 0 Å². The second-order valence-electron chi connectivity index (χ2n) is 12.2. The van der Waals surface area contributed by atoms with E-state index >= 15 is 0 Å². The number of para-hydroxylation sites is 2. The molecule has 3 heteroatoms. The number of hydrogen-bond donors (Lipinski definition) is 0. The molecule has 47 heavy (non-hydrogen) atoms. The molecule has 0 N–H and O–H groups in total. The molecule has 0 atom stereocenters. The van der Waals surface area contributed by atoms with E-state index in [1.54, 1.807) is 4.57 Å². The van der Waals surface area contributed by atoms with Gasteiger partial charge in [0.15, 0.2) is 0 Å². The van der Waals surface area contributed by atoms with Gasteiger partial charge in [-0.1, -0.05) is 127 Å². The molecular formula is C44H30N2O. The van der Waals surface area contributed by atoms with E-state index in [-0.39, 0.29) is 5.69 Å². The van der Waals surface area contributed by atoms with Crippen molar-refractivity contribution in [3.8, 4) is 33.6 Å². The summed E-state index contributed by atoms with van der Waals surface area (Å²) in [6.07, 6.45) is 0. The van der Waals surface area contributed by atoms with Crippen LogP contribution < -0.4 is 5.69 Å². The van der Waals surface area contributed by atoms with E-state index in [2.05, 4.69) is 122 Å². The van der Waals surface area contributed by atoms with Crippen LogP contribution in [0.4, 0.5) is 0 Å². The minimum atomic E-state index is -0.0848. The zero-order valence-electron chi connectivity index (χ0n) is 25.9. The Morgan fingerprint density at radius 1 is 0.404 bits per heavy atom. The fraction of sp³-hybridized carbons (Fsp3) is 0.0227. The van der Waals surface area contributed by atoms with Gasteiger partial charge in [0.2, 0.25) is 0 Å². The van der Waals surface area contributed by atoms with Crippen LogP contribution in [0.2, 0.25) is 0 Å². The van der Waals surface area contributed by atoms with Gasteiger partial charge in [-0.2, -0.15) is 0 Å². The summed E-state index contributed by atoms with van der Waals surface area (Å²) < 4.78 is 3.62. The fourth-order valence-corrected chi connectivity index (χ4v) is 7.21. The molecule has 0 unspecified atom stereocenters. The van der Waals surface area contributed by atoms with E-state index in [9.17, 15) is 4.79 Å². The highest BCUT2D eigenvalue weighted by Crippen LogP contribution is 2.44. The Balaban J connectivity index is 1.24. The molecule has 0 amide bonds. The molecule has 0 saturated heterocycles. The van der Waals surface area contributed by atoms with Crippen molar-refractivity contribution in [3.63, 3.8) is 0 Å². The molecule has 222 valence electrons. The lowest BCUT2D eigenvalue weighted by Gasteiger charge is -2.18. The monoisotopic (exact) mass is 602 g/mol. The van der Waals surface area contributed by atoms with Crippen molar-refractivity contribution < 1.29 is 0 Å². The molecule has 8 aromatic carbocycles. The van der Waals surface area contributed by atoms with Gasteiger partial charge >= 0.3 is 5.69 Å². The largest absolute Gasteiger partial charge is 0.338 e. The van der Waals surface area contributed by atoms with Crippen molar-refractivity contribution in [3.05, 3.63) is 180 Å². The predicted molar refractivity (Wildman–Crippen MR) is 197 cm³/mol. The van der Waals surface area contributed by atoms with Gasteiger partial charge in [-0.3, -0.25) is 9.13 Å². The number of hydrogen-bond acceptors (Lipinski definition) is 1. The highest BCUT2D eigenvalue weighted by molar-refractivity contribution is 6.21. The molecule has 9 aromatic rings. The summed E-state index contributed by atoms with van der Waals surface area (Å²) in [7, 11) is 0. The Kier molecular flexibility index (Phi) is 6.19. The highest BCUT2D eigenvalue weighted by atomic mass is 16.1. The zero-order valence-corrected chi connectivity index (χ0v) is 25.9. The molecule has 0 aliphatic heterocycles. The van der Waals surface area contributed by atoms with Gasteiger partial charge < -0.3 is 0 Å². The van der Waals surface area contributed by atoms with Crippen molar-refractivity contribution in [1.82, 2.24) is 9.13 Å². The first-order chi connectivity index (χ1) is 23.2. The van der Waals surface area contributed by atoms with E-state index in [0.717, 1.165) is 33.5 Å². The Morgan fingerprint density at radius 2 is 0.830 bits per heavy atom. The maximum Gasteiger partial charge on any atom is 0.338 e. The van der Waals surface area contributed by atoms with E-state index in [0.29, 0.717) is 0 Å². The summed E-state index contributed by atoms with van der Waals surface area (Å²) in [6.45, 7) is 2.06. The molecule has 0 bridgehead atoms. The number of nitrogens with zero attached hydrogens (tertiary/aromatic N) is 2. The SMILES string of the molecule is Cc1ccc(-n2c(=O)n(-c3ccc(-c4c5ccccc5c(-c5ccc6ccccc6c5)c5ccccc45)cc3)c3ccccc32)cc1. The predicted octanol–water partition coefficient (Wildman–Crippen LogP) is 10.9. The molecule has 0 saturated carbocycles. The normalized spacial score (nSPS) is 11.6. The number of fused-ring (bicyclic) bond motifs is 4. The first kappa shape index (κ1) is 27.1. The Labute approximate surface area is 272 Å². The van der Waals surface area contributed by atoms with Gasteiger partial charge in [-0.15, -0.1) is 0 Å². The molecule has 0 spiro atoms. The zero-order chi connectivity index (χ0) is 31.5. The number of benzene rings is 8. The third kappa shape index (κ3) is 4.32. The van der Waals surface area contributed by atoms with Gasteiger partial charge in [0.1, 0.15) is 0 Å². The minimum Gasteiger partial charge on any atom is -0.260 e. The Hall–Kier alpha value is -6.19. The topological polar surface area (TPSA) is 26.9 Å². The molecule has 0 fully saturated rings. The Bertz CT molecular complexity index is 2640. The van der Waals surface area contributed by atoms with E-state index in [1.165, 1.54) is 49.0 Å².